The summed E-state index contributed by atoms with van der Waals surface area (Å²) in [5.74, 6) is -3.44. The largest absolute Gasteiger partial charge is 0.478 e. The van der Waals surface area contributed by atoms with E-state index in [1.165, 1.54) is 12.1 Å². The number of benzene rings is 2. The van der Waals surface area contributed by atoms with E-state index in [4.69, 9.17) is 9.84 Å². The summed E-state index contributed by atoms with van der Waals surface area (Å²) in [6.45, 7) is 2.02. The fourth-order valence-corrected chi connectivity index (χ4v) is 2.58. The summed E-state index contributed by atoms with van der Waals surface area (Å²) in [7, 11) is 0. The van der Waals surface area contributed by atoms with E-state index in [0.29, 0.717) is 6.42 Å². The zero-order valence-corrected chi connectivity index (χ0v) is 14.3. The van der Waals surface area contributed by atoms with Gasteiger partial charge in [0.1, 0.15) is 6.10 Å². The number of esters is 1. The van der Waals surface area contributed by atoms with Crippen LogP contribution in [0.5, 0.6) is 0 Å². The van der Waals surface area contributed by atoms with Gasteiger partial charge in [-0.3, -0.25) is 0 Å². The maximum Gasteiger partial charge on any atom is 0.339 e. The molecular formula is C20H20O6. The fraction of sp³-hybridized carbons (Fsp3) is 0.250. The van der Waals surface area contributed by atoms with Crippen molar-refractivity contribution in [1.82, 2.24) is 0 Å². The number of ether oxygens (including phenoxy) is 1. The number of rotatable bonds is 8. The third kappa shape index (κ3) is 4.69. The van der Waals surface area contributed by atoms with Crippen molar-refractivity contribution >= 4 is 17.9 Å². The van der Waals surface area contributed by atoms with Gasteiger partial charge in [-0.05, 0) is 36.6 Å². The molecule has 0 spiro atoms. The number of carbonyl (C=O) groups excluding carboxylic acids is 1. The van der Waals surface area contributed by atoms with Gasteiger partial charge < -0.3 is 14.9 Å². The molecule has 6 nitrogen and oxygen atoms in total. The number of carboxylic acid groups (broad SMARTS) is 2. The van der Waals surface area contributed by atoms with E-state index in [1.54, 1.807) is 0 Å². The number of carbonyl (C=O) groups is 3. The summed E-state index contributed by atoms with van der Waals surface area (Å²) in [6.07, 6.45) is 1.89. The highest BCUT2D eigenvalue weighted by Crippen LogP contribution is 2.26. The second-order valence-electron chi connectivity index (χ2n) is 5.82. The molecule has 6 heteroatoms. The molecule has 0 saturated heterocycles. The molecule has 0 aromatic heterocycles. The first-order chi connectivity index (χ1) is 12.4. The van der Waals surface area contributed by atoms with Gasteiger partial charge in [-0.15, -0.1) is 0 Å². The molecule has 0 fully saturated rings. The van der Waals surface area contributed by atoms with E-state index in [9.17, 15) is 19.5 Å². The standard InChI is InChI=1S/C20H20O6/c1-2-3-9-17(13-7-5-4-6-8-13)26-20(25)15-11-10-14(18(21)22)12-16(15)19(23)24/h4-8,10-12,17H,2-3,9H2,1H3,(H,21,22)(H,23,24). The quantitative estimate of drug-likeness (QED) is 0.688. The van der Waals surface area contributed by atoms with Gasteiger partial charge in [0.15, 0.2) is 0 Å². The second kappa shape index (κ2) is 8.80. The number of hydrogen-bond donors (Lipinski definition) is 2. The summed E-state index contributed by atoms with van der Waals surface area (Å²) in [5, 5.41) is 18.3. The Morgan fingerprint density at radius 1 is 0.962 bits per heavy atom. The van der Waals surface area contributed by atoms with Gasteiger partial charge in [-0.2, -0.15) is 0 Å². The van der Waals surface area contributed by atoms with Gasteiger partial charge in [0, 0.05) is 0 Å². The molecule has 1 unspecified atom stereocenters. The van der Waals surface area contributed by atoms with Crippen molar-refractivity contribution in [3.05, 3.63) is 70.8 Å². The zero-order chi connectivity index (χ0) is 19.1. The molecular weight excluding hydrogens is 336 g/mol. The van der Waals surface area contributed by atoms with Crippen LogP contribution >= 0.6 is 0 Å². The average Bonchev–Trinajstić information content (AvgIpc) is 2.65. The van der Waals surface area contributed by atoms with Crippen LogP contribution in [0.2, 0.25) is 0 Å². The Balaban J connectivity index is 2.31. The van der Waals surface area contributed by atoms with Gasteiger partial charge in [-0.1, -0.05) is 43.7 Å². The van der Waals surface area contributed by atoms with E-state index in [1.807, 2.05) is 37.3 Å². The lowest BCUT2D eigenvalue weighted by Crippen LogP contribution is -2.16. The Kier molecular flexibility index (Phi) is 6.49. The Hall–Kier alpha value is -3.15. The first-order valence-electron chi connectivity index (χ1n) is 8.30. The molecule has 0 saturated carbocycles. The highest BCUT2D eigenvalue weighted by Gasteiger charge is 2.23. The third-order valence-electron chi connectivity index (χ3n) is 3.96. The van der Waals surface area contributed by atoms with Crippen LogP contribution in [0.3, 0.4) is 0 Å². The SMILES string of the molecule is CCCCC(OC(=O)c1ccc(C(=O)O)cc1C(=O)O)c1ccccc1. The normalized spacial score (nSPS) is 11.6. The Labute approximate surface area is 151 Å². The number of aromatic carboxylic acids is 2. The average molecular weight is 356 g/mol. The molecule has 0 heterocycles. The molecule has 0 aliphatic carbocycles. The van der Waals surface area contributed by atoms with Gasteiger partial charge in [0.2, 0.25) is 0 Å². The summed E-state index contributed by atoms with van der Waals surface area (Å²) in [5.41, 5.74) is 0.0648. The van der Waals surface area contributed by atoms with Crippen molar-refractivity contribution in [1.29, 1.82) is 0 Å². The van der Waals surface area contributed by atoms with Crippen LogP contribution < -0.4 is 0 Å². The predicted molar refractivity (Wildman–Crippen MR) is 94.5 cm³/mol. The zero-order valence-electron chi connectivity index (χ0n) is 14.3. The van der Waals surface area contributed by atoms with Crippen molar-refractivity contribution in [2.24, 2.45) is 0 Å². The van der Waals surface area contributed by atoms with E-state index in [2.05, 4.69) is 0 Å². The molecule has 136 valence electrons. The van der Waals surface area contributed by atoms with Gasteiger partial charge in [-0.25, -0.2) is 14.4 Å². The van der Waals surface area contributed by atoms with E-state index >= 15 is 0 Å². The summed E-state index contributed by atoms with van der Waals surface area (Å²) < 4.78 is 5.57. The minimum Gasteiger partial charge on any atom is -0.478 e. The molecule has 2 aromatic rings. The lowest BCUT2D eigenvalue weighted by molar-refractivity contribution is 0.0266. The molecule has 0 bridgehead atoms. The molecule has 1 atom stereocenters. The maximum atomic E-state index is 12.6. The smallest absolute Gasteiger partial charge is 0.339 e. The minimum atomic E-state index is -1.38. The lowest BCUT2D eigenvalue weighted by atomic mass is 10.0. The van der Waals surface area contributed by atoms with E-state index in [-0.39, 0.29) is 11.1 Å². The van der Waals surface area contributed by atoms with Crippen LogP contribution in [0.25, 0.3) is 0 Å². The van der Waals surface area contributed by atoms with Crippen LogP contribution in [0.15, 0.2) is 48.5 Å². The Bertz CT molecular complexity index is 797. The predicted octanol–water partition coefficient (Wildman–Crippen LogP) is 4.17. The second-order valence-corrected chi connectivity index (χ2v) is 5.82. The molecule has 2 rings (SSSR count). The Morgan fingerprint density at radius 3 is 2.23 bits per heavy atom. The first-order valence-corrected chi connectivity index (χ1v) is 8.30. The van der Waals surface area contributed by atoms with E-state index < -0.39 is 29.6 Å². The minimum absolute atomic E-state index is 0.167. The van der Waals surface area contributed by atoms with Gasteiger partial charge in [0.05, 0.1) is 16.7 Å². The van der Waals surface area contributed by atoms with Crippen LogP contribution in [0, 0.1) is 0 Å². The van der Waals surface area contributed by atoms with Crippen molar-refractivity contribution in [3.63, 3.8) is 0 Å². The summed E-state index contributed by atoms with van der Waals surface area (Å²) in [4.78, 5) is 35.0. The number of carboxylic acids is 2. The Morgan fingerprint density at radius 2 is 1.65 bits per heavy atom. The van der Waals surface area contributed by atoms with E-state index in [0.717, 1.165) is 24.5 Å². The monoisotopic (exact) mass is 356 g/mol. The maximum absolute atomic E-state index is 12.6. The van der Waals surface area contributed by atoms with Crippen LogP contribution in [0.1, 0.15) is 68.9 Å². The highest BCUT2D eigenvalue weighted by molar-refractivity contribution is 6.04. The summed E-state index contributed by atoms with van der Waals surface area (Å²) in [6, 6.07) is 12.6. The third-order valence-corrected chi connectivity index (χ3v) is 3.96. The van der Waals surface area contributed by atoms with Crippen molar-refractivity contribution < 1.29 is 29.3 Å². The number of unbranched alkanes of at least 4 members (excludes halogenated alkanes) is 1. The van der Waals surface area contributed by atoms with Crippen LogP contribution in [-0.2, 0) is 4.74 Å². The molecule has 2 aromatic carbocycles. The fourth-order valence-electron chi connectivity index (χ4n) is 2.58. The lowest BCUT2D eigenvalue weighted by Gasteiger charge is -2.19. The molecule has 0 aliphatic rings. The van der Waals surface area contributed by atoms with Gasteiger partial charge >= 0.3 is 17.9 Å². The molecule has 2 N–H and O–H groups in total. The molecule has 0 amide bonds. The van der Waals surface area contributed by atoms with Gasteiger partial charge in [0.25, 0.3) is 0 Å². The van der Waals surface area contributed by atoms with Crippen LogP contribution in [-0.4, -0.2) is 28.1 Å². The topological polar surface area (TPSA) is 101 Å². The number of hydrogen-bond acceptors (Lipinski definition) is 4. The molecule has 0 radical (unpaired) electrons. The van der Waals surface area contributed by atoms with Crippen molar-refractivity contribution in [3.8, 4) is 0 Å². The van der Waals surface area contributed by atoms with Crippen molar-refractivity contribution in [2.45, 2.75) is 32.3 Å². The summed E-state index contributed by atoms with van der Waals surface area (Å²) >= 11 is 0. The molecule has 26 heavy (non-hydrogen) atoms. The first kappa shape index (κ1) is 19.2. The van der Waals surface area contributed by atoms with Crippen molar-refractivity contribution in [2.75, 3.05) is 0 Å². The van der Waals surface area contributed by atoms with Crippen LogP contribution in [0.4, 0.5) is 0 Å². The highest BCUT2D eigenvalue weighted by atomic mass is 16.5. The molecule has 0 aliphatic heterocycles.